The molecule has 0 aliphatic carbocycles. The lowest BCUT2D eigenvalue weighted by molar-refractivity contribution is 0.0344. The zero-order chi connectivity index (χ0) is 12.2. The van der Waals surface area contributed by atoms with Crippen LogP contribution in [-0.2, 0) is 4.74 Å². The Morgan fingerprint density at radius 1 is 1.62 bits per heavy atom. The number of rotatable bonds is 5. The number of aromatic nitrogens is 1. The van der Waals surface area contributed by atoms with Crippen molar-refractivity contribution >= 4 is 11.6 Å². The van der Waals surface area contributed by atoms with Crippen LogP contribution in [0.1, 0.15) is 24.3 Å². The molecular weight excluding hydrogens is 206 g/mol. The number of amides is 1. The van der Waals surface area contributed by atoms with E-state index in [1.165, 1.54) is 0 Å². The molecule has 0 atom stereocenters. The number of anilines is 1. The lowest BCUT2D eigenvalue weighted by atomic mass is 10.1. The molecule has 5 heteroatoms. The van der Waals surface area contributed by atoms with E-state index in [1.54, 1.807) is 25.4 Å². The van der Waals surface area contributed by atoms with Gasteiger partial charge in [-0.3, -0.25) is 9.78 Å². The van der Waals surface area contributed by atoms with Gasteiger partial charge in [0.2, 0.25) is 0 Å². The fourth-order valence-electron chi connectivity index (χ4n) is 1.06. The van der Waals surface area contributed by atoms with Crippen LogP contribution in [0.15, 0.2) is 18.3 Å². The van der Waals surface area contributed by atoms with E-state index in [2.05, 4.69) is 10.3 Å². The molecule has 0 aromatic carbocycles. The molecule has 1 rings (SSSR count). The summed E-state index contributed by atoms with van der Waals surface area (Å²) in [5.74, 6) is -0.533. The Labute approximate surface area is 95.0 Å². The Kier molecular flexibility index (Phi) is 3.84. The van der Waals surface area contributed by atoms with E-state index in [9.17, 15) is 4.79 Å². The minimum absolute atomic E-state index is 0.250. The number of hydrogen-bond donors (Lipinski definition) is 2. The summed E-state index contributed by atoms with van der Waals surface area (Å²) in [6.07, 6.45) is 1.54. The number of methoxy groups -OCH3 is 1. The highest BCUT2D eigenvalue weighted by Gasteiger charge is 2.15. The molecule has 1 aromatic heterocycles. The van der Waals surface area contributed by atoms with Crippen LogP contribution in [0.3, 0.4) is 0 Å². The van der Waals surface area contributed by atoms with E-state index < -0.39 is 5.91 Å². The van der Waals surface area contributed by atoms with E-state index in [4.69, 9.17) is 10.5 Å². The van der Waals surface area contributed by atoms with Gasteiger partial charge in [0.05, 0.1) is 5.60 Å². The van der Waals surface area contributed by atoms with Gasteiger partial charge in [0, 0.05) is 25.5 Å². The third-order valence-corrected chi connectivity index (χ3v) is 2.28. The third-order valence-electron chi connectivity index (χ3n) is 2.28. The summed E-state index contributed by atoms with van der Waals surface area (Å²) in [6, 6.07) is 3.40. The number of hydrogen-bond acceptors (Lipinski definition) is 4. The first-order chi connectivity index (χ1) is 7.44. The van der Waals surface area contributed by atoms with Crippen LogP contribution in [0.5, 0.6) is 0 Å². The van der Waals surface area contributed by atoms with Crippen molar-refractivity contribution in [2.45, 2.75) is 19.4 Å². The van der Waals surface area contributed by atoms with Gasteiger partial charge in [-0.2, -0.15) is 0 Å². The Hall–Kier alpha value is -1.62. The van der Waals surface area contributed by atoms with Crippen LogP contribution in [-0.4, -0.2) is 30.1 Å². The van der Waals surface area contributed by atoms with E-state index in [0.29, 0.717) is 6.54 Å². The zero-order valence-corrected chi connectivity index (χ0v) is 9.78. The van der Waals surface area contributed by atoms with Crippen LogP contribution < -0.4 is 11.1 Å². The van der Waals surface area contributed by atoms with Gasteiger partial charge in [-0.1, -0.05) is 0 Å². The summed E-state index contributed by atoms with van der Waals surface area (Å²) in [5.41, 5.74) is 5.92. The maximum atomic E-state index is 10.9. The Morgan fingerprint density at radius 2 is 2.31 bits per heavy atom. The van der Waals surface area contributed by atoms with Gasteiger partial charge in [0.25, 0.3) is 5.91 Å². The van der Waals surface area contributed by atoms with Gasteiger partial charge < -0.3 is 15.8 Å². The SMILES string of the molecule is COC(C)(C)CNc1ccnc(C(N)=O)c1. The Morgan fingerprint density at radius 3 is 2.88 bits per heavy atom. The smallest absolute Gasteiger partial charge is 0.267 e. The lowest BCUT2D eigenvalue weighted by Gasteiger charge is -2.23. The number of carbonyl (C=O) groups excluding carboxylic acids is 1. The molecule has 16 heavy (non-hydrogen) atoms. The molecule has 0 aliphatic heterocycles. The van der Waals surface area contributed by atoms with Crippen molar-refractivity contribution in [3.63, 3.8) is 0 Å². The molecule has 1 amide bonds. The summed E-state index contributed by atoms with van der Waals surface area (Å²) in [7, 11) is 1.66. The number of nitrogens with one attached hydrogen (secondary N) is 1. The molecular formula is C11H17N3O2. The van der Waals surface area contributed by atoms with Gasteiger partial charge in [-0.15, -0.1) is 0 Å². The van der Waals surface area contributed by atoms with Crippen molar-refractivity contribution in [2.24, 2.45) is 5.73 Å². The highest BCUT2D eigenvalue weighted by Crippen LogP contribution is 2.12. The summed E-state index contributed by atoms with van der Waals surface area (Å²) >= 11 is 0. The maximum Gasteiger partial charge on any atom is 0.267 e. The van der Waals surface area contributed by atoms with Crippen molar-refractivity contribution in [1.82, 2.24) is 4.98 Å². The van der Waals surface area contributed by atoms with Gasteiger partial charge in [-0.05, 0) is 26.0 Å². The second kappa shape index (κ2) is 4.94. The molecule has 0 unspecified atom stereocenters. The minimum atomic E-state index is -0.533. The lowest BCUT2D eigenvalue weighted by Crippen LogP contribution is -2.32. The fourth-order valence-corrected chi connectivity index (χ4v) is 1.06. The van der Waals surface area contributed by atoms with Crippen molar-refractivity contribution in [3.8, 4) is 0 Å². The molecule has 88 valence electrons. The summed E-state index contributed by atoms with van der Waals surface area (Å²) < 4.78 is 5.27. The molecule has 0 aliphatic rings. The molecule has 3 N–H and O–H groups in total. The standard InChI is InChI=1S/C11H17N3O2/c1-11(2,16-3)7-14-8-4-5-13-9(6-8)10(12)15/h4-6H,7H2,1-3H3,(H2,12,15)(H,13,14). The van der Waals surface area contributed by atoms with Crippen LogP contribution >= 0.6 is 0 Å². The second-order valence-corrected chi connectivity index (χ2v) is 4.11. The first-order valence-corrected chi connectivity index (χ1v) is 4.99. The highest BCUT2D eigenvalue weighted by molar-refractivity contribution is 5.91. The highest BCUT2D eigenvalue weighted by atomic mass is 16.5. The van der Waals surface area contributed by atoms with E-state index in [-0.39, 0.29) is 11.3 Å². The second-order valence-electron chi connectivity index (χ2n) is 4.11. The Balaban J connectivity index is 2.68. The van der Waals surface area contributed by atoms with Crippen LogP contribution in [0.25, 0.3) is 0 Å². The van der Waals surface area contributed by atoms with Crippen molar-refractivity contribution in [2.75, 3.05) is 19.0 Å². The first kappa shape index (κ1) is 12.4. The molecule has 0 spiro atoms. The number of ether oxygens (including phenoxy) is 1. The molecule has 0 saturated heterocycles. The normalized spacial score (nSPS) is 11.2. The number of carbonyl (C=O) groups is 1. The average Bonchev–Trinajstić information content (AvgIpc) is 2.27. The minimum Gasteiger partial charge on any atom is -0.382 e. The monoisotopic (exact) mass is 223 g/mol. The largest absolute Gasteiger partial charge is 0.382 e. The topological polar surface area (TPSA) is 77.2 Å². The molecule has 1 aromatic rings. The van der Waals surface area contributed by atoms with Crippen molar-refractivity contribution in [1.29, 1.82) is 0 Å². The van der Waals surface area contributed by atoms with Crippen LogP contribution in [0.2, 0.25) is 0 Å². The van der Waals surface area contributed by atoms with Crippen LogP contribution in [0, 0.1) is 0 Å². The maximum absolute atomic E-state index is 10.9. The third kappa shape index (κ3) is 3.51. The fraction of sp³-hybridized carbons (Fsp3) is 0.455. The van der Waals surface area contributed by atoms with E-state index in [0.717, 1.165) is 5.69 Å². The van der Waals surface area contributed by atoms with Gasteiger partial charge in [-0.25, -0.2) is 0 Å². The number of nitrogens with zero attached hydrogens (tertiary/aromatic N) is 1. The van der Waals surface area contributed by atoms with Crippen molar-refractivity contribution < 1.29 is 9.53 Å². The van der Waals surface area contributed by atoms with Gasteiger partial charge in [0.15, 0.2) is 0 Å². The molecule has 0 radical (unpaired) electrons. The molecule has 0 bridgehead atoms. The van der Waals surface area contributed by atoms with Gasteiger partial charge >= 0.3 is 0 Å². The Bertz CT molecular complexity index is 377. The molecule has 1 heterocycles. The van der Waals surface area contributed by atoms with E-state index in [1.807, 2.05) is 13.8 Å². The first-order valence-electron chi connectivity index (χ1n) is 4.99. The predicted octanol–water partition coefficient (Wildman–Crippen LogP) is 1.02. The van der Waals surface area contributed by atoms with Crippen molar-refractivity contribution in [3.05, 3.63) is 24.0 Å². The molecule has 0 fully saturated rings. The molecule has 5 nitrogen and oxygen atoms in total. The predicted molar refractivity (Wildman–Crippen MR) is 62.3 cm³/mol. The summed E-state index contributed by atoms with van der Waals surface area (Å²) in [6.45, 7) is 4.57. The quantitative estimate of drug-likeness (QED) is 0.781. The number of nitrogens with two attached hydrogens (primary N) is 1. The summed E-state index contributed by atoms with van der Waals surface area (Å²) in [5, 5.41) is 3.16. The van der Waals surface area contributed by atoms with E-state index >= 15 is 0 Å². The summed E-state index contributed by atoms with van der Waals surface area (Å²) in [4.78, 5) is 14.8. The number of pyridine rings is 1. The number of primary amides is 1. The van der Waals surface area contributed by atoms with Gasteiger partial charge in [0.1, 0.15) is 5.69 Å². The molecule has 0 saturated carbocycles. The van der Waals surface area contributed by atoms with Crippen LogP contribution in [0.4, 0.5) is 5.69 Å². The zero-order valence-electron chi connectivity index (χ0n) is 9.78. The average molecular weight is 223 g/mol.